The Morgan fingerprint density at radius 3 is 2.86 bits per heavy atom. The molecule has 0 radical (unpaired) electrons. The van der Waals surface area contributed by atoms with Crippen LogP contribution in [0.4, 0.5) is 5.69 Å². The molecule has 0 aliphatic heterocycles. The number of ether oxygens (including phenoxy) is 1. The molecule has 0 saturated carbocycles. The van der Waals surface area contributed by atoms with E-state index in [4.69, 9.17) is 20.8 Å². The van der Waals surface area contributed by atoms with Crippen molar-refractivity contribution in [3.8, 4) is 5.75 Å². The van der Waals surface area contributed by atoms with Crippen LogP contribution in [0.3, 0.4) is 0 Å². The lowest BCUT2D eigenvalue weighted by atomic mass is 10.3. The first-order valence-electron chi connectivity index (χ1n) is 8.86. The molecule has 0 aliphatic carbocycles. The maximum absolute atomic E-state index is 12.2. The maximum Gasteiger partial charge on any atom is 0.286 e. The van der Waals surface area contributed by atoms with Crippen molar-refractivity contribution in [3.63, 3.8) is 0 Å². The Balaban J connectivity index is 1.46. The van der Waals surface area contributed by atoms with E-state index in [0.717, 1.165) is 12.1 Å². The molecule has 0 fully saturated rings. The number of non-ortho nitro benzene ring substituents is 1. The number of amides is 1. The molecule has 1 amide bonds. The summed E-state index contributed by atoms with van der Waals surface area (Å²) in [7, 11) is 0. The highest BCUT2D eigenvalue weighted by Gasteiger charge is 2.13. The molecule has 0 spiro atoms. The summed E-state index contributed by atoms with van der Waals surface area (Å²) in [4.78, 5) is 22.4. The number of halogens is 1. The van der Waals surface area contributed by atoms with Gasteiger partial charge < -0.3 is 14.5 Å². The van der Waals surface area contributed by atoms with Crippen LogP contribution in [0.1, 0.15) is 28.4 Å². The van der Waals surface area contributed by atoms with Crippen molar-refractivity contribution >= 4 is 23.2 Å². The van der Waals surface area contributed by atoms with E-state index in [-0.39, 0.29) is 34.7 Å². The zero-order valence-corrected chi connectivity index (χ0v) is 16.4. The average molecular weight is 419 g/mol. The summed E-state index contributed by atoms with van der Waals surface area (Å²) in [6, 6.07) is 9.04. The molecular weight excluding hydrogens is 400 g/mol. The van der Waals surface area contributed by atoms with Gasteiger partial charge in [0.25, 0.3) is 11.6 Å². The molecule has 9 nitrogen and oxygen atoms in total. The Labute approximate surface area is 171 Å². The molecule has 10 heteroatoms. The normalized spacial score (nSPS) is 10.7. The number of carbonyl (C=O) groups excluding carboxylic acids is 1. The van der Waals surface area contributed by atoms with Crippen molar-refractivity contribution < 1.29 is 18.9 Å². The number of carbonyl (C=O) groups is 1. The molecule has 0 bridgehead atoms. The van der Waals surface area contributed by atoms with E-state index in [9.17, 15) is 14.9 Å². The zero-order chi connectivity index (χ0) is 20.8. The molecule has 0 saturated heterocycles. The minimum Gasteiger partial charge on any atom is -0.484 e. The molecular formula is C19H19ClN4O5. The van der Waals surface area contributed by atoms with Crippen LogP contribution >= 0.6 is 11.6 Å². The fourth-order valence-corrected chi connectivity index (χ4v) is 2.83. The summed E-state index contributed by atoms with van der Waals surface area (Å²) in [5, 5.41) is 17.8. The first kappa shape index (κ1) is 20.4. The summed E-state index contributed by atoms with van der Waals surface area (Å²) >= 11 is 5.98. The van der Waals surface area contributed by atoms with Crippen LogP contribution in [-0.4, -0.2) is 27.2 Å². The van der Waals surface area contributed by atoms with E-state index in [1.54, 1.807) is 18.3 Å². The number of aromatic nitrogens is 2. The molecule has 2 heterocycles. The van der Waals surface area contributed by atoms with Gasteiger partial charge in [-0.1, -0.05) is 11.6 Å². The number of nitro benzene ring substituents is 1. The molecule has 3 rings (SSSR count). The fourth-order valence-electron chi connectivity index (χ4n) is 2.60. The van der Waals surface area contributed by atoms with Crippen LogP contribution in [0, 0.1) is 17.0 Å². The van der Waals surface area contributed by atoms with E-state index in [2.05, 4.69) is 10.4 Å². The van der Waals surface area contributed by atoms with Crippen LogP contribution in [0.25, 0.3) is 0 Å². The number of aryl methyl sites for hydroxylation is 2. The first-order chi connectivity index (χ1) is 13.9. The summed E-state index contributed by atoms with van der Waals surface area (Å²) in [5.74, 6) is 0.570. The van der Waals surface area contributed by atoms with Crippen LogP contribution in [0.15, 0.2) is 47.0 Å². The molecule has 152 valence electrons. The van der Waals surface area contributed by atoms with E-state index >= 15 is 0 Å². The summed E-state index contributed by atoms with van der Waals surface area (Å²) in [6.45, 7) is 3.21. The minimum absolute atomic E-state index is 0.0311. The summed E-state index contributed by atoms with van der Waals surface area (Å²) in [6.07, 6.45) is 2.48. The highest BCUT2D eigenvalue weighted by Crippen LogP contribution is 2.29. The van der Waals surface area contributed by atoms with Crippen molar-refractivity contribution in [2.24, 2.45) is 0 Å². The number of furan rings is 1. The Bertz CT molecular complexity index is 1010. The Morgan fingerprint density at radius 2 is 2.17 bits per heavy atom. The fraction of sp³-hybridized carbons (Fsp3) is 0.263. The molecule has 1 N–H and O–H groups in total. The number of nitrogens with zero attached hydrogens (tertiary/aromatic N) is 3. The monoisotopic (exact) mass is 418 g/mol. The minimum atomic E-state index is -0.538. The van der Waals surface area contributed by atoms with Gasteiger partial charge in [-0.05, 0) is 37.6 Å². The summed E-state index contributed by atoms with van der Waals surface area (Å²) in [5.41, 5.74) is 0.946. The van der Waals surface area contributed by atoms with Crippen LogP contribution in [-0.2, 0) is 13.2 Å². The molecule has 29 heavy (non-hydrogen) atoms. The van der Waals surface area contributed by atoms with E-state index in [1.807, 2.05) is 17.7 Å². The highest BCUT2D eigenvalue weighted by atomic mass is 35.5. The largest absolute Gasteiger partial charge is 0.484 e. The number of nitro groups is 1. The van der Waals surface area contributed by atoms with Gasteiger partial charge in [-0.15, -0.1) is 0 Å². The van der Waals surface area contributed by atoms with E-state index in [1.165, 1.54) is 18.2 Å². The van der Waals surface area contributed by atoms with Crippen LogP contribution in [0.2, 0.25) is 5.02 Å². The number of rotatable bonds is 9. The second kappa shape index (κ2) is 9.24. The molecule has 0 atom stereocenters. The van der Waals surface area contributed by atoms with Gasteiger partial charge in [0.1, 0.15) is 18.1 Å². The second-order valence-corrected chi connectivity index (χ2v) is 6.64. The van der Waals surface area contributed by atoms with Gasteiger partial charge >= 0.3 is 0 Å². The smallest absolute Gasteiger partial charge is 0.286 e. The first-order valence-corrected chi connectivity index (χ1v) is 9.24. The summed E-state index contributed by atoms with van der Waals surface area (Å²) < 4.78 is 12.9. The van der Waals surface area contributed by atoms with Crippen molar-refractivity contribution in [1.29, 1.82) is 0 Å². The molecule has 0 unspecified atom stereocenters. The quantitative estimate of drug-likeness (QED) is 0.321. The number of hydrogen-bond acceptors (Lipinski definition) is 6. The topological polar surface area (TPSA) is 112 Å². The SMILES string of the molecule is Cc1ccnn1CCCNC(=O)c1ccc(COc2ccc([N+](=O)[O-])cc2Cl)o1. The van der Waals surface area contributed by atoms with Gasteiger partial charge in [0.2, 0.25) is 0 Å². The van der Waals surface area contributed by atoms with E-state index in [0.29, 0.717) is 18.8 Å². The van der Waals surface area contributed by atoms with Crippen LogP contribution in [0.5, 0.6) is 5.75 Å². The zero-order valence-electron chi connectivity index (χ0n) is 15.6. The van der Waals surface area contributed by atoms with Crippen molar-refractivity contribution in [3.05, 3.63) is 74.9 Å². The third-order valence-electron chi connectivity index (χ3n) is 4.14. The lowest BCUT2D eigenvalue weighted by Crippen LogP contribution is -2.25. The lowest BCUT2D eigenvalue weighted by Gasteiger charge is -2.06. The van der Waals surface area contributed by atoms with Crippen LogP contribution < -0.4 is 10.1 Å². The lowest BCUT2D eigenvalue weighted by molar-refractivity contribution is -0.384. The maximum atomic E-state index is 12.2. The number of nitrogens with one attached hydrogen (secondary N) is 1. The Hall–Kier alpha value is -3.33. The van der Waals surface area contributed by atoms with Crippen molar-refractivity contribution in [1.82, 2.24) is 15.1 Å². The predicted octanol–water partition coefficient (Wildman–Crippen LogP) is 3.75. The molecule has 3 aromatic rings. The van der Waals surface area contributed by atoms with Gasteiger partial charge in [0.05, 0.1) is 9.95 Å². The highest BCUT2D eigenvalue weighted by molar-refractivity contribution is 6.32. The number of benzene rings is 1. The third kappa shape index (κ3) is 5.35. The van der Waals surface area contributed by atoms with Gasteiger partial charge in [0.15, 0.2) is 5.76 Å². The molecule has 0 aliphatic rings. The Kier molecular flexibility index (Phi) is 6.50. The van der Waals surface area contributed by atoms with Crippen molar-refractivity contribution in [2.45, 2.75) is 26.5 Å². The average Bonchev–Trinajstić information content (AvgIpc) is 3.33. The Morgan fingerprint density at radius 1 is 1.34 bits per heavy atom. The molecule has 1 aromatic carbocycles. The van der Waals surface area contributed by atoms with Gasteiger partial charge in [-0.25, -0.2) is 0 Å². The van der Waals surface area contributed by atoms with Gasteiger partial charge in [-0.2, -0.15) is 5.10 Å². The van der Waals surface area contributed by atoms with Gasteiger partial charge in [-0.3, -0.25) is 19.6 Å². The standard InChI is InChI=1S/C19H19ClN4O5/c1-13-7-9-22-23(13)10-2-8-21-19(25)18-6-4-15(29-18)12-28-17-5-3-14(24(26)27)11-16(17)20/h3-7,9,11H,2,8,10,12H2,1H3,(H,21,25). The predicted molar refractivity (Wildman–Crippen MR) is 105 cm³/mol. The molecule has 2 aromatic heterocycles. The third-order valence-corrected chi connectivity index (χ3v) is 4.44. The van der Waals surface area contributed by atoms with E-state index < -0.39 is 4.92 Å². The van der Waals surface area contributed by atoms with Crippen molar-refractivity contribution in [2.75, 3.05) is 6.54 Å². The number of hydrogen-bond donors (Lipinski definition) is 1. The second-order valence-electron chi connectivity index (χ2n) is 6.23. The van der Waals surface area contributed by atoms with Gasteiger partial charge in [0, 0.05) is 37.1 Å².